The van der Waals surface area contributed by atoms with Crippen LogP contribution < -0.4 is 0 Å². The van der Waals surface area contributed by atoms with Crippen LogP contribution in [0.2, 0.25) is 0 Å². The van der Waals surface area contributed by atoms with E-state index in [0.29, 0.717) is 6.42 Å². The highest BCUT2D eigenvalue weighted by molar-refractivity contribution is 5.93. The molecule has 0 aromatic heterocycles. The highest BCUT2D eigenvalue weighted by Crippen LogP contribution is 1.99. The molecule has 0 unspecified atom stereocenters. The van der Waals surface area contributed by atoms with E-state index in [-0.39, 0.29) is 5.91 Å². The lowest BCUT2D eigenvalue weighted by Crippen LogP contribution is -2.35. The third kappa shape index (κ3) is 3.48. The third-order valence-electron chi connectivity index (χ3n) is 1.57. The van der Waals surface area contributed by atoms with E-state index in [0.717, 1.165) is 17.7 Å². The molecular formula is C8H15NO3. The molecule has 0 fully saturated rings. The van der Waals surface area contributed by atoms with Crippen LogP contribution in [-0.2, 0) is 9.59 Å². The van der Waals surface area contributed by atoms with Crippen molar-refractivity contribution in [3.63, 3.8) is 0 Å². The first-order valence-electron chi connectivity index (χ1n) is 4.05. The van der Waals surface area contributed by atoms with Gasteiger partial charge < -0.3 is 5.11 Å². The fourth-order valence-corrected chi connectivity index (χ4v) is 0.817. The number of nitrogens with zero attached hydrogens (tertiary/aromatic N) is 1. The van der Waals surface area contributed by atoms with Gasteiger partial charge in [0.1, 0.15) is 6.73 Å². The van der Waals surface area contributed by atoms with Crippen molar-refractivity contribution in [2.24, 2.45) is 0 Å². The fraction of sp³-hybridized carbons (Fsp3) is 0.750. The number of aliphatic hydroxyl groups excluding tert-OH is 1. The van der Waals surface area contributed by atoms with Gasteiger partial charge in [0, 0.05) is 13.3 Å². The summed E-state index contributed by atoms with van der Waals surface area (Å²) in [6.45, 7) is 2.71. The van der Waals surface area contributed by atoms with Gasteiger partial charge in [0.25, 0.3) is 0 Å². The summed E-state index contributed by atoms with van der Waals surface area (Å²) in [6.07, 6.45) is 1.99. The maximum Gasteiger partial charge on any atom is 0.231 e. The molecule has 0 rings (SSSR count). The lowest BCUT2D eigenvalue weighted by molar-refractivity contribution is -0.147. The van der Waals surface area contributed by atoms with Crippen LogP contribution in [0.5, 0.6) is 0 Å². The van der Waals surface area contributed by atoms with Gasteiger partial charge in [0.05, 0.1) is 0 Å². The van der Waals surface area contributed by atoms with Crippen molar-refractivity contribution in [1.82, 2.24) is 4.90 Å². The first kappa shape index (κ1) is 11.1. The SMILES string of the molecule is CCCCC(=O)N(CO)C(C)=O. The van der Waals surface area contributed by atoms with Crippen molar-refractivity contribution in [3.05, 3.63) is 0 Å². The van der Waals surface area contributed by atoms with Gasteiger partial charge in [-0.25, -0.2) is 0 Å². The quantitative estimate of drug-likeness (QED) is 0.630. The molecule has 0 aromatic carbocycles. The van der Waals surface area contributed by atoms with Gasteiger partial charge >= 0.3 is 0 Å². The Morgan fingerprint density at radius 1 is 1.42 bits per heavy atom. The minimum absolute atomic E-state index is 0.299. The van der Waals surface area contributed by atoms with Gasteiger partial charge in [-0.1, -0.05) is 13.3 Å². The molecule has 0 aliphatic rings. The van der Waals surface area contributed by atoms with Gasteiger partial charge in [0.2, 0.25) is 11.8 Å². The molecule has 0 aromatic rings. The Kier molecular flexibility index (Phi) is 5.28. The van der Waals surface area contributed by atoms with Crippen molar-refractivity contribution in [1.29, 1.82) is 0 Å². The van der Waals surface area contributed by atoms with Crippen molar-refractivity contribution < 1.29 is 14.7 Å². The van der Waals surface area contributed by atoms with Gasteiger partial charge in [-0.2, -0.15) is 0 Å². The molecule has 0 heterocycles. The topological polar surface area (TPSA) is 57.6 Å². The Bertz CT molecular complexity index is 168. The van der Waals surface area contributed by atoms with Crippen LogP contribution in [0.15, 0.2) is 0 Å². The number of unbranched alkanes of at least 4 members (excludes halogenated alkanes) is 1. The lowest BCUT2D eigenvalue weighted by atomic mass is 10.2. The predicted octanol–water partition coefficient (Wildman–Crippen LogP) is 0.502. The summed E-state index contributed by atoms with van der Waals surface area (Å²) in [4.78, 5) is 22.7. The summed E-state index contributed by atoms with van der Waals surface area (Å²) in [5.41, 5.74) is 0. The molecule has 1 N–H and O–H groups in total. The van der Waals surface area contributed by atoms with Gasteiger partial charge in [-0.15, -0.1) is 0 Å². The lowest BCUT2D eigenvalue weighted by Gasteiger charge is -2.15. The second-order valence-electron chi connectivity index (χ2n) is 2.59. The molecule has 4 heteroatoms. The molecule has 0 radical (unpaired) electrons. The van der Waals surface area contributed by atoms with Crippen LogP contribution in [0, 0.1) is 0 Å². The predicted molar refractivity (Wildman–Crippen MR) is 44.1 cm³/mol. The summed E-state index contributed by atoms with van der Waals surface area (Å²) < 4.78 is 0. The zero-order valence-corrected chi connectivity index (χ0v) is 7.54. The normalized spacial score (nSPS) is 9.58. The summed E-state index contributed by atoms with van der Waals surface area (Å²) >= 11 is 0. The van der Waals surface area contributed by atoms with Crippen LogP contribution in [0.1, 0.15) is 33.1 Å². The molecule has 70 valence electrons. The van der Waals surface area contributed by atoms with E-state index < -0.39 is 12.6 Å². The molecule has 0 spiro atoms. The highest BCUT2D eigenvalue weighted by atomic mass is 16.3. The number of rotatable bonds is 4. The van der Waals surface area contributed by atoms with E-state index in [1.165, 1.54) is 6.92 Å². The molecule has 12 heavy (non-hydrogen) atoms. The zero-order chi connectivity index (χ0) is 9.56. The van der Waals surface area contributed by atoms with E-state index in [1.807, 2.05) is 6.92 Å². The number of imide groups is 1. The maximum absolute atomic E-state index is 11.1. The van der Waals surface area contributed by atoms with E-state index in [4.69, 9.17) is 5.11 Å². The molecule has 4 nitrogen and oxygen atoms in total. The standard InChI is InChI=1S/C8H15NO3/c1-3-4-5-8(12)9(6-10)7(2)11/h10H,3-6H2,1-2H3. The highest BCUT2D eigenvalue weighted by Gasteiger charge is 2.15. The monoisotopic (exact) mass is 173 g/mol. The van der Waals surface area contributed by atoms with E-state index >= 15 is 0 Å². The number of hydrogen-bond donors (Lipinski definition) is 1. The number of aliphatic hydroxyl groups is 1. The Hall–Kier alpha value is -0.900. The molecule has 0 saturated heterocycles. The van der Waals surface area contributed by atoms with Crippen LogP contribution in [-0.4, -0.2) is 28.6 Å². The summed E-state index contributed by atoms with van der Waals surface area (Å²) in [5.74, 6) is -0.703. The van der Waals surface area contributed by atoms with Gasteiger partial charge in [-0.3, -0.25) is 14.5 Å². The molecular weight excluding hydrogens is 158 g/mol. The van der Waals surface area contributed by atoms with Crippen LogP contribution in [0.25, 0.3) is 0 Å². The van der Waals surface area contributed by atoms with E-state index in [1.54, 1.807) is 0 Å². The maximum atomic E-state index is 11.1. The first-order valence-corrected chi connectivity index (χ1v) is 4.05. The fourth-order valence-electron chi connectivity index (χ4n) is 0.817. The molecule has 0 aliphatic heterocycles. The summed E-state index contributed by atoms with van der Waals surface area (Å²) in [6, 6.07) is 0. The molecule has 0 bridgehead atoms. The van der Waals surface area contributed by atoms with Crippen molar-refractivity contribution >= 4 is 11.8 Å². The molecule has 0 atom stereocenters. The summed E-state index contributed by atoms with van der Waals surface area (Å²) in [5, 5.41) is 8.65. The Morgan fingerprint density at radius 2 is 2.00 bits per heavy atom. The average molecular weight is 173 g/mol. The second-order valence-corrected chi connectivity index (χ2v) is 2.59. The minimum Gasteiger partial charge on any atom is -0.376 e. The van der Waals surface area contributed by atoms with Crippen molar-refractivity contribution in [2.45, 2.75) is 33.1 Å². The number of hydrogen-bond acceptors (Lipinski definition) is 3. The Balaban J connectivity index is 3.95. The molecule has 2 amide bonds. The zero-order valence-electron chi connectivity index (χ0n) is 7.54. The van der Waals surface area contributed by atoms with Crippen LogP contribution >= 0.6 is 0 Å². The number of carbonyl (C=O) groups is 2. The Morgan fingerprint density at radius 3 is 2.33 bits per heavy atom. The largest absolute Gasteiger partial charge is 0.376 e. The third-order valence-corrected chi connectivity index (χ3v) is 1.57. The number of amides is 2. The molecule has 0 saturated carbocycles. The van der Waals surface area contributed by atoms with Crippen LogP contribution in [0.3, 0.4) is 0 Å². The Labute approximate surface area is 72.2 Å². The smallest absolute Gasteiger partial charge is 0.231 e. The van der Waals surface area contributed by atoms with E-state index in [9.17, 15) is 9.59 Å². The summed E-state index contributed by atoms with van der Waals surface area (Å²) in [7, 11) is 0. The average Bonchev–Trinajstić information content (AvgIpc) is 2.01. The van der Waals surface area contributed by atoms with Crippen molar-refractivity contribution in [3.8, 4) is 0 Å². The van der Waals surface area contributed by atoms with E-state index in [2.05, 4.69) is 0 Å². The number of carbonyl (C=O) groups excluding carboxylic acids is 2. The molecule has 0 aliphatic carbocycles. The first-order chi connectivity index (χ1) is 5.63. The van der Waals surface area contributed by atoms with Gasteiger partial charge in [-0.05, 0) is 6.42 Å². The second kappa shape index (κ2) is 5.71. The van der Waals surface area contributed by atoms with Gasteiger partial charge in [0.15, 0.2) is 0 Å². The minimum atomic E-state index is -0.516. The van der Waals surface area contributed by atoms with Crippen LogP contribution in [0.4, 0.5) is 0 Å². The van der Waals surface area contributed by atoms with Crippen molar-refractivity contribution in [2.75, 3.05) is 6.73 Å².